The molecule has 3 rings (SSSR count). The molecular formula is C15H18N4O. The van der Waals surface area contributed by atoms with E-state index in [0.717, 1.165) is 55.7 Å². The number of carbonyl (C=O) groups excluding carboxylic acids is 1. The van der Waals surface area contributed by atoms with Gasteiger partial charge in [0, 0.05) is 31.6 Å². The van der Waals surface area contributed by atoms with E-state index < -0.39 is 0 Å². The van der Waals surface area contributed by atoms with Crippen LogP contribution in [0.5, 0.6) is 0 Å². The number of aldehydes is 1. The van der Waals surface area contributed by atoms with Crippen LogP contribution in [0, 0.1) is 0 Å². The van der Waals surface area contributed by atoms with Gasteiger partial charge in [-0.25, -0.2) is 9.97 Å². The second-order valence-corrected chi connectivity index (χ2v) is 5.01. The summed E-state index contributed by atoms with van der Waals surface area (Å²) in [6.45, 7) is 7.48. The van der Waals surface area contributed by atoms with Gasteiger partial charge in [0.25, 0.3) is 0 Å². The highest BCUT2D eigenvalue weighted by Crippen LogP contribution is 2.19. The van der Waals surface area contributed by atoms with Crippen molar-refractivity contribution in [1.29, 1.82) is 0 Å². The van der Waals surface area contributed by atoms with Gasteiger partial charge in [-0.05, 0) is 18.7 Å². The molecule has 0 aliphatic carbocycles. The first kappa shape index (κ1) is 13.0. The van der Waals surface area contributed by atoms with Gasteiger partial charge in [-0.2, -0.15) is 0 Å². The zero-order valence-electron chi connectivity index (χ0n) is 11.6. The van der Waals surface area contributed by atoms with Crippen LogP contribution in [-0.2, 0) is 0 Å². The SMILES string of the molecule is CCN1CCN(c2cc3ccc(C=O)nc3cn2)CC1. The number of likely N-dealkylation sites (N-methyl/N-ethyl adjacent to an activating group) is 1. The third-order valence-corrected chi connectivity index (χ3v) is 3.85. The molecular weight excluding hydrogens is 252 g/mol. The lowest BCUT2D eigenvalue weighted by Crippen LogP contribution is -2.46. The molecule has 0 atom stereocenters. The highest BCUT2D eigenvalue weighted by molar-refractivity contribution is 5.84. The molecule has 2 aromatic heterocycles. The lowest BCUT2D eigenvalue weighted by atomic mass is 10.2. The van der Waals surface area contributed by atoms with Gasteiger partial charge in [-0.15, -0.1) is 0 Å². The number of anilines is 1. The summed E-state index contributed by atoms with van der Waals surface area (Å²) in [6.07, 6.45) is 2.52. The Labute approximate surface area is 118 Å². The Bertz CT molecular complexity index is 620. The Morgan fingerprint density at radius 1 is 1.25 bits per heavy atom. The molecule has 3 heterocycles. The van der Waals surface area contributed by atoms with E-state index in [4.69, 9.17) is 0 Å². The van der Waals surface area contributed by atoms with Crippen molar-refractivity contribution >= 4 is 23.0 Å². The van der Waals surface area contributed by atoms with E-state index in [0.29, 0.717) is 5.69 Å². The van der Waals surface area contributed by atoms with Gasteiger partial charge >= 0.3 is 0 Å². The van der Waals surface area contributed by atoms with E-state index in [1.807, 2.05) is 6.07 Å². The largest absolute Gasteiger partial charge is 0.354 e. The number of fused-ring (bicyclic) bond motifs is 1. The average Bonchev–Trinajstić information content (AvgIpc) is 2.54. The van der Waals surface area contributed by atoms with E-state index in [1.54, 1.807) is 12.3 Å². The monoisotopic (exact) mass is 270 g/mol. The maximum Gasteiger partial charge on any atom is 0.168 e. The molecule has 1 saturated heterocycles. The normalized spacial score (nSPS) is 16.6. The summed E-state index contributed by atoms with van der Waals surface area (Å²) in [5.74, 6) is 0.994. The zero-order valence-corrected chi connectivity index (χ0v) is 11.6. The molecule has 0 amide bonds. The number of aromatic nitrogens is 2. The third-order valence-electron chi connectivity index (χ3n) is 3.85. The van der Waals surface area contributed by atoms with Crippen molar-refractivity contribution in [2.75, 3.05) is 37.6 Å². The van der Waals surface area contributed by atoms with Crippen molar-refractivity contribution in [2.24, 2.45) is 0 Å². The number of pyridine rings is 2. The van der Waals surface area contributed by atoms with E-state index in [9.17, 15) is 4.79 Å². The number of piperazine rings is 1. The summed E-state index contributed by atoms with van der Waals surface area (Å²) in [5, 5.41) is 1.03. The fourth-order valence-corrected chi connectivity index (χ4v) is 2.56. The zero-order chi connectivity index (χ0) is 13.9. The number of nitrogens with zero attached hydrogens (tertiary/aromatic N) is 4. The van der Waals surface area contributed by atoms with Crippen molar-refractivity contribution < 1.29 is 4.79 Å². The molecule has 5 heteroatoms. The minimum atomic E-state index is 0.448. The first-order valence-corrected chi connectivity index (χ1v) is 6.99. The number of hydrogen-bond donors (Lipinski definition) is 0. The van der Waals surface area contributed by atoms with Gasteiger partial charge < -0.3 is 9.80 Å². The molecule has 1 aliphatic rings. The van der Waals surface area contributed by atoms with Crippen molar-refractivity contribution in [3.05, 3.63) is 30.1 Å². The van der Waals surface area contributed by atoms with Crippen molar-refractivity contribution in [2.45, 2.75) is 6.92 Å². The molecule has 0 N–H and O–H groups in total. The highest BCUT2D eigenvalue weighted by atomic mass is 16.1. The minimum absolute atomic E-state index is 0.448. The fraction of sp³-hybridized carbons (Fsp3) is 0.400. The van der Waals surface area contributed by atoms with E-state index >= 15 is 0 Å². The molecule has 0 saturated carbocycles. The van der Waals surface area contributed by atoms with E-state index in [-0.39, 0.29) is 0 Å². The summed E-state index contributed by atoms with van der Waals surface area (Å²) >= 11 is 0. The highest BCUT2D eigenvalue weighted by Gasteiger charge is 2.16. The standard InChI is InChI=1S/C15H18N4O/c1-2-18-5-7-19(8-6-18)15-9-12-3-4-13(11-20)17-14(12)10-16-15/h3-4,9-11H,2,5-8H2,1H3. The van der Waals surface area contributed by atoms with Crippen LogP contribution < -0.4 is 4.90 Å². The van der Waals surface area contributed by atoms with E-state index in [2.05, 4.69) is 32.8 Å². The van der Waals surface area contributed by atoms with Crippen LogP contribution in [-0.4, -0.2) is 53.9 Å². The predicted molar refractivity (Wildman–Crippen MR) is 79.3 cm³/mol. The van der Waals surface area contributed by atoms with Gasteiger partial charge in [0.05, 0.1) is 11.7 Å². The first-order chi connectivity index (χ1) is 9.80. The molecule has 1 aliphatic heterocycles. The number of carbonyl (C=O) groups is 1. The van der Waals surface area contributed by atoms with Gasteiger partial charge in [0.2, 0.25) is 0 Å². The molecule has 2 aromatic rings. The summed E-state index contributed by atoms with van der Waals surface area (Å²) in [4.78, 5) is 24.2. The lowest BCUT2D eigenvalue weighted by molar-refractivity contribution is 0.111. The Hall–Kier alpha value is -2.01. The molecule has 104 valence electrons. The number of hydrogen-bond acceptors (Lipinski definition) is 5. The molecule has 0 unspecified atom stereocenters. The summed E-state index contributed by atoms with van der Waals surface area (Å²) in [5.41, 5.74) is 1.22. The first-order valence-electron chi connectivity index (χ1n) is 6.99. The van der Waals surface area contributed by atoms with Gasteiger partial charge in [0.1, 0.15) is 11.5 Å². The Morgan fingerprint density at radius 2 is 2.05 bits per heavy atom. The van der Waals surface area contributed by atoms with Gasteiger partial charge in [-0.3, -0.25) is 4.79 Å². The van der Waals surface area contributed by atoms with Gasteiger partial charge in [0.15, 0.2) is 6.29 Å². The Kier molecular flexibility index (Phi) is 3.60. The van der Waals surface area contributed by atoms with Crippen molar-refractivity contribution in [3.63, 3.8) is 0 Å². The van der Waals surface area contributed by atoms with E-state index in [1.165, 1.54) is 0 Å². The Balaban J connectivity index is 1.84. The molecule has 1 fully saturated rings. The second kappa shape index (κ2) is 5.54. The van der Waals surface area contributed by atoms with Crippen LogP contribution in [0.3, 0.4) is 0 Å². The fourth-order valence-electron chi connectivity index (χ4n) is 2.56. The van der Waals surface area contributed by atoms with Crippen LogP contribution in [0.15, 0.2) is 24.4 Å². The average molecular weight is 270 g/mol. The second-order valence-electron chi connectivity index (χ2n) is 5.01. The quantitative estimate of drug-likeness (QED) is 0.793. The number of rotatable bonds is 3. The third kappa shape index (κ3) is 2.49. The van der Waals surface area contributed by atoms with Crippen LogP contribution in [0.25, 0.3) is 10.9 Å². The topological polar surface area (TPSA) is 49.3 Å². The molecule has 0 radical (unpaired) electrons. The summed E-state index contributed by atoms with van der Waals surface area (Å²) in [7, 11) is 0. The van der Waals surface area contributed by atoms with Crippen LogP contribution in [0.1, 0.15) is 17.4 Å². The molecule has 5 nitrogen and oxygen atoms in total. The Morgan fingerprint density at radius 3 is 2.75 bits per heavy atom. The van der Waals surface area contributed by atoms with Crippen LogP contribution in [0.2, 0.25) is 0 Å². The lowest BCUT2D eigenvalue weighted by Gasteiger charge is -2.34. The summed E-state index contributed by atoms with van der Waals surface area (Å²) < 4.78 is 0. The van der Waals surface area contributed by atoms with Crippen molar-refractivity contribution in [1.82, 2.24) is 14.9 Å². The molecule has 20 heavy (non-hydrogen) atoms. The molecule has 0 bridgehead atoms. The smallest absolute Gasteiger partial charge is 0.168 e. The maximum atomic E-state index is 10.7. The van der Waals surface area contributed by atoms with Crippen LogP contribution in [0.4, 0.5) is 5.82 Å². The predicted octanol–water partition coefficient (Wildman–Crippen LogP) is 1.58. The maximum absolute atomic E-state index is 10.7. The van der Waals surface area contributed by atoms with Crippen molar-refractivity contribution in [3.8, 4) is 0 Å². The van der Waals surface area contributed by atoms with Crippen LogP contribution >= 0.6 is 0 Å². The molecule has 0 aromatic carbocycles. The summed E-state index contributed by atoms with van der Waals surface area (Å²) in [6, 6.07) is 5.73. The minimum Gasteiger partial charge on any atom is -0.354 e. The molecule has 0 spiro atoms. The van der Waals surface area contributed by atoms with Gasteiger partial charge in [-0.1, -0.05) is 13.0 Å².